The van der Waals surface area contributed by atoms with E-state index >= 15 is 0 Å². The molecule has 2 aromatic heterocycles. The van der Waals surface area contributed by atoms with Gasteiger partial charge in [-0.1, -0.05) is 41.7 Å². The van der Waals surface area contributed by atoms with E-state index in [9.17, 15) is 0 Å². The van der Waals surface area contributed by atoms with Gasteiger partial charge >= 0.3 is 0 Å². The molecule has 0 fully saturated rings. The number of anilines is 1. The van der Waals surface area contributed by atoms with Crippen molar-refractivity contribution in [3.8, 4) is 11.5 Å². The summed E-state index contributed by atoms with van der Waals surface area (Å²) < 4.78 is 6.75. The van der Waals surface area contributed by atoms with Crippen LogP contribution in [-0.4, -0.2) is 36.1 Å². The van der Waals surface area contributed by atoms with Crippen LogP contribution in [0.5, 0.6) is 0 Å². The first-order chi connectivity index (χ1) is 14.3. The normalized spacial score (nSPS) is 11.2. The quantitative estimate of drug-likeness (QED) is 0.142. The number of hydrogen-bond acceptors (Lipinski definition) is 6. The number of oxazole rings is 1. The molecule has 7 nitrogen and oxygen atoms in total. The highest BCUT2D eigenvalue weighted by molar-refractivity contribution is 14.0. The Labute approximate surface area is 196 Å². The average molecular weight is 534 g/mol. The molecule has 4 aromatic rings. The minimum Gasteiger partial charge on any atom is -0.444 e. The number of aliphatic imine (C=N–C) groups is 1. The number of guanidine groups is 1. The van der Waals surface area contributed by atoms with Crippen LogP contribution in [0.2, 0.25) is 0 Å². The van der Waals surface area contributed by atoms with Gasteiger partial charge < -0.3 is 20.4 Å². The Hall–Kier alpha value is -2.66. The number of nitrogens with zero attached hydrogens (tertiary/aromatic N) is 3. The van der Waals surface area contributed by atoms with Crippen LogP contribution in [0, 0.1) is 0 Å². The Kier molecular flexibility index (Phi) is 8.03. The molecule has 0 unspecified atom stereocenters. The predicted octanol–water partition coefficient (Wildman–Crippen LogP) is 4.35. The lowest BCUT2D eigenvalue weighted by Gasteiger charge is -2.10. The van der Waals surface area contributed by atoms with Crippen molar-refractivity contribution in [3.63, 3.8) is 0 Å². The van der Waals surface area contributed by atoms with E-state index in [0.29, 0.717) is 24.9 Å². The van der Waals surface area contributed by atoms with E-state index < -0.39 is 0 Å². The Morgan fingerprint density at radius 1 is 1.00 bits per heavy atom. The minimum atomic E-state index is 0. The molecule has 3 N–H and O–H groups in total. The van der Waals surface area contributed by atoms with Gasteiger partial charge in [0.05, 0.1) is 22.5 Å². The molecule has 2 heterocycles. The van der Waals surface area contributed by atoms with Crippen LogP contribution in [0.3, 0.4) is 0 Å². The van der Waals surface area contributed by atoms with Gasteiger partial charge in [0.2, 0.25) is 5.89 Å². The summed E-state index contributed by atoms with van der Waals surface area (Å²) >= 11 is 1.66. The first-order valence-electron chi connectivity index (χ1n) is 9.35. The van der Waals surface area contributed by atoms with E-state index in [1.54, 1.807) is 24.6 Å². The topological polar surface area (TPSA) is 87.4 Å². The molecular weight excluding hydrogens is 511 g/mol. The molecule has 0 saturated heterocycles. The number of hydrogen-bond donors (Lipinski definition) is 3. The van der Waals surface area contributed by atoms with E-state index in [2.05, 4.69) is 37.0 Å². The fraction of sp³-hybridized carbons (Fsp3) is 0.190. The number of benzene rings is 2. The van der Waals surface area contributed by atoms with Gasteiger partial charge in [0.15, 0.2) is 11.1 Å². The van der Waals surface area contributed by atoms with Crippen LogP contribution >= 0.6 is 35.3 Å². The van der Waals surface area contributed by atoms with Crippen LogP contribution in [0.15, 0.2) is 70.3 Å². The van der Waals surface area contributed by atoms with E-state index in [0.717, 1.165) is 28.5 Å². The molecule has 0 saturated carbocycles. The number of rotatable bonds is 7. The van der Waals surface area contributed by atoms with Gasteiger partial charge in [-0.2, -0.15) is 0 Å². The zero-order valence-electron chi connectivity index (χ0n) is 16.5. The van der Waals surface area contributed by atoms with Gasteiger partial charge in [0, 0.05) is 25.7 Å². The van der Waals surface area contributed by atoms with E-state index in [1.807, 2.05) is 48.5 Å². The fourth-order valence-electron chi connectivity index (χ4n) is 2.79. The SMILES string of the molecule is CN=C(NCCNc1nc2ccccc2s1)NCc1coc(-c2ccccc2)n1.I. The summed E-state index contributed by atoms with van der Waals surface area (Å²) in [6, 6.07) is 18.0. The fourth-order valence-corrected chi connectivity index (χ4v) is 3.69. The number of nitrogens with one attached hydrogen (secondary N) is 3. The number of halogens is 1. The highest BCUT2D eigenvalue weighted by Crippen LogP contribution is 2.24. The number of fused-ring (bicyclic) bond motifs is 1. The number of thiazole rings is 1. The van der Waals surface area contributed by atoms with E-state index in [1.165, 1.54) is 4.70 Å². The summed E-state index contributed by atoms with van der Waals surface area (Å²) in [6.07, 6.45) is 1.66. The Bertz CT molecular complexity index is 1060. The summed E-state index contributed by atoms with van der Waals surface area (Å²) in [5.74, 6) is 1.32. The van der Waals surface area contributed by atoms with E-state index in [-0.39, 0.29) is 24.0 Å². The molecule has 2 aromatic carbocycles. The van der Waals surface area contributed by atoms with Gasteiger partial charge in [-0.25, -0.2) is 9.97 Å². The molecule has 0 aliphatic heterocycles. The molecule has 0 aliphatic rings. The van der Waals surface area contributed by atoms with Crippen LogP contribution in [0.4, 0.5) is 5.13 Å². The Morgan fingerprint density at radius 2 is 1.80 bits per heavy atom. The van der Waals surface area contributed by atoms with Gasteiger partial charge in [-0.15, -0.1) is 24.0 Å². The van der Waals surface area contributed by atoms with Crippen molar-refractivity contribution in [2.24, 2.45) is 4.99 Å². The maximum atomic E-state index is 5.56. The molecule has 0 aliphatic carbocycles. The third-order valence-corrected chi connectivity index (χ3v) is 5.21. The molecule has 0 atom stereocenters. The second-order valence-corrected chi connectivity index (χ2v) is 7.31. The van der Waals surface area contributed by atoms with Crippen molar-refractivity contribution in [2.75, 3.05) is 25.5 Å². The van der Waals surface area contributed by atoms with Gasteiger partial charge in [0.1, 0.15) is 6.26 Å². The Balaban J connectivity index is 0.00000256. The zero-order chi connectivity index (χ0) is 19.9. The smallest absolute Gasteiger partial charge is 0.226 e. The van der Waals surface area contributed by atoms with Crippen molar-refractivity contribution in [3.05, 3.63) is 66.6 Å². The third-order valence-electron chi connectivity index (χ3n) is 4.22. The van der Waals surface area contributed by atoms with Gasteiger partial charge in [0.25, 0.3) is 0 Å². The summed E-state index contributed by atoms with van der Waals surface area (Å²) in [5.41, 5.74) is 2.80. The summed E-state index contributed by atoms with van der Waals surface area (Å²) in [6.45, 7) is 1.98. The zero-order valence-corrected chi connectivity index (χ0v) is 19.6. The maximum Gasteiger partial charge on any atom is 0.226 e. The first kappa shape index (κ1) is 22.0. The molecule has 156 valence electrons. The van der Waals surface area contributed by atoms with Gasteiger partial charge in [-0.3, -0.25) is 4.99 Å². The molecule has 0 spiro atoms. The summed E-state index contributed by atoms with van der Waals surface area (Å²) in [4.78, 5) is 13.3. The maximum absolute atomic E-state index is 5.56. The molecular formula is C21H23IN6OS. The minimum absolute atomic E-state index is 0. The second-order valence-electron chi connectivity index (χ2n) is 6.28. The molecule has 0 radical (unpaired) electrons. The number of aromatic nitrogens is 2. The highest BCUT2D eigenvalue weighted by Gasteiger charge is 2.07. The standard InChI is InChI=1S/C21H22N6OS.HI/c1-22-20(23-11-12-24-21-27-17-9-5-6-10-18(17)29-21)25-13-16-14-28-19(26-16)15-7-3-2-4-8-15;/h2-10,14H,11-13H2,1H3,(H,24,27)(H2,22,23,25);1H. The summed E-state index contributed by atoms with van der Waals surface area (Å²) in [7, 11) is 1.74. The van der Waals surface area contributed by atoms with Crippen molar-refractivity contribution in [2.45, 2.75) is 6.54 Å². The average Bonchev–Trinajstić information content (AvgIpc) is 3.40. The highest BCUT2D eigenvalue weighted by atomic mass is 127. The Morgan fingerprint density at radius 3 is 2.60 bits per heavy atom. The largest absolute Gasteiger partial charge is 0.444 e. The molecule has 30 heavy (non-hydrogen) atoms. The lowest BCUT2D eigenvalue weighted by atomic mass is 10.2. The second kappa shape index (κ2) is 10.9. The van der Waals surface area contributed by atoms with Gasteiger partial charge in [-0.05, 0) is 24.3 Å². The summed E-state index contributed by atoms with van der Waals surface area (Å²) in [5, 5.41) is 10.8. The van der Waals surface area contributed by atoms with Crippen LogP contribution in [0.1, 0.15) is 5.69 Å². The molecule has 4 rings (SSSR count). The lowest BCUT2D eigenvalue weighted by molar-refractivity contribution is 0.572. The van der Waals surface area contributed by atoms with Crippen LogP contribution in [0.25, 0.3) is 21.7 Å². The van der Waals surface area contributed by atoms with Crippen LogP contribution in [-0.2, 0) is 6.54 Å². The van der Waals surface area contributed by atoms with Crippen molar-refractivity contribution >= 4 is 56.6 Å². The number of para-hydroxylation sites is 1. The molecule has 9 heteroatoms. The van der Waals surface area contributed by atoms with Crippen molar-refractivity contribution in [1.82, 2.24) is 20.6 Å². The monoisotopic (exact) mass is 534 g/mol. The third kappa shape index (κ3) is 5.70. The molecule has 0 amide bonds. The van der Waals surface area contributed by atoms with Crippen molar-refractivity contribution in [1.29, 1.82) is 0 Å². The van der Waals surface area contributed by atoms with E-state index in [4.69, 9.17) is 4.42 Å². The molecule has 0 bridgehead atoms. The predicted molar refractivity (Wildman–Crippen MR) is 134 cm³/mol. The van der Waals surface area contributed by atoms with Crippen molar-refractivity contribution < 1.29 is 4.42 Å². The van der Waals surface area contributed by atoms with Crippen LogP contribution < -0.4 is 16.0 Å². The lowest BCUT2D eigenvalue weighted by Crippen LogP contribution is -2.39. The first-order valence-corrected chi connectivity index (χ1v) is 10.2.